The molecule has 6 heteroatoms. The number of carboxylic acid groups (broad SMARTS) is 1. The lowest BCUT2D eigenvalue weighted by molar-refractivity contribution is -0.147. The van der Waals surface area contributed by atoms with Crippen molar-refractivity contribution in [1.82, 2.24) is 0 Å². The minimum absolute atomic E-state index is 0.193. The third-order valence-electron chi connectivity index (χ3n) is 1.63. The lowest BCUT2D eigenvalue weighted by Gasteiger charge is -2.02. The van der Waals surface area contributed by atoms with Gasteiger partial charge in [-0.25, -0.2) is 4.79 Å². The van der Waals surface area contributed by atoms with Gasteiger partial charge in [-0.15, -0.1) is 0 Å². The third kappa shape index (κ3) is 3.09. The maximum absolute atomic E-state index is 11.3. The number of rotatable bonds is 3. The van der Waals surface area contributed by atoms with Crippen LogP contribution in [0.1, 0.15) is 16.8 Å². The largest absolute Gasteiger partial charge is 0.507 e. The summed E-state index contributed by atoms with van der Waals surface area (Å²) in [6.07, 6.45) is -0.903. The number of aliphatic carboxylic acids is 1. The topological polar surface area (TPSA) is 101 Å². The fraction of sp³-hybridized carbons (Fsp3) is 0.100. The quantitative estimate of drug-likeness (QED) is 0.574. The van der Waals surface area contributed by atoms with Crippen LogP contribution in [-0.2, 0) is 14.3 Å². The van der Waals surface area contributed by atoms with Gasteiger partial charge in [-0.3, -0.25) is 9.59 Å². The molecule has 1 rings (SSSR count). The molecule has 0 atom stereocenters. The zero-order valence-electron chi connectivity index (χ0n) is 8.04. The van der Waals surface area contributed by atoms with E-state index in [1.165, 1.54) is 24.3 Å². The van der Waals surface area contributed by atoms with Gasteiger partial charge in [-0.1, -0.05) is 12.1 Å². The van der Waals surface area contributed by atoms with Crippen molar-refractivity contribution in [2.24, 2.45) is 0 Å². The van der Waals surface area contributed by atoms with E-state index < -0.39 is 24.3 Å². The molecule has 0 bridgehead atoms. The molecule has 0 fully saturated rings. The highest BCUT2D eigenvalue weighted by atomic mass is 16.6. The molecule has 1 aromatic carbocycles. The van der Waals surface area contributed by atoms with Gasteiger partial charge in [0.05, 0.1) is 0 Å². The van der Waals surface area contributed by atoms with Crippen LogP contribution in [0.5, 0.6) is 5.75 Å². The van der Waals surface area contributed by atoms with Crippen LogP contribution in [-0.4, -0.2) is 28.1 Å². The van der Waals surface area contributed by atoms with E-state index in [1.54, 1.807) is 0 Å². The summed E-state index contributed by atoms with van der Waals surface area (Å²) < 4.78 is 4.21. The monoisotopic (exact) mass is 224 g/mol. The number of para-hydroxylation sites is 1. The lowest BCUT2D eigenvalue weighted by Crippen LogP contribution is -2.15. The summed E-state index contributed by atoms with van der Waals surface area (Å²) in [5, 5.41) is 17.5. The molecule has 0 amide bonds. The summed E-state index contributed by atoms with van der Waals surface area (Å²) in [5.74, 6) is -3.99. The summed E-state index contributed by atoms with van der Waals surface area (Å²) >= 11 is 0. The van der Waals surface area contributed by atoms with Crippen molar-refractivity contribution in [3.8, 4) is 5.75 Å². The SMILES string of the molecule is O=C(O)CC(=O)OC(=O)c1ccccc1O. The van der Waals surface area contributed by atoms with Gasteiger partial charge >= 0.3 is 17.9 Å². The second kappa shape index (κ2) is 4.92. The molecule has 0 aliphatic rings. The van der Waals surface area contributed by atoms with Crippen LogP contribution >= 0.6 is 0 Å². The van der Waals surface area contributed by atoms with Crippen LogP contribution in [0.15, 0.2) is 24.3 Å². The first-order valence-corrected chi connectivity index (χ1v) is 4.25. The number of aromatic hydroxyl groups is 1. The number of hydrogen-bond donors (Lipinski definition) is 2. The second-order valence-electron chi connectivity index (χ2n) is 2.85. The Bertz CT molecular complexity index is 437. The van der Waals surface area contributed by atoms with Crippen molar-refractivity contribution >= 4 is 17.9 Å². The number of phenolic OH excluding ortho intramolecular Hbond substituents is 1. The standard InChI is InChI=1S/C10H8O6/c11-7-4-2-1-3-6(7)10(15)16-9(14)5-8(12)13/h1-4,11H,5H2,(H,12,13). The summed E-state index contributed by atoms with van der Waals surface area (Å²) in [6.45, 7) is 0. The molecule has 2 N–H and O–H groups in total. The Hall–Kier alpha value is -2.37. The predicted octanol–water partition coefficient (Wildman–Crippen LogP) is 0.550. The van der Waals surface area contributed by atoms with E-state index in [9.17, 15) is 19.5 Å². The molecule has 84 valence electrons. The molecule has 16 heavy (non-hydrogen) atoms. The van der Waals surface area contributed by atoms with Gasteiger partial charge in [0.15, 0.2) is 0 Å². The molecule has 1 aromatic rings. The third-order valence-corrected chi connectivity index (χ3v) is 1.63. The summed E-state index contributed by atoms with van der Waals surface area (Å²) in [7, 11) is 0. The minimum atomic E-state index is -1.39. The number of hydrogen-bond acceptors (Lipinski definition) is 5. The first-order chi connectivity index (χ1) is 7.50. The van der Waals surface area contributed by atoms with Crippen molar-refractivity contribution in [2.75, 3.05) is 0 Å². The van der Waals surface area contributed by atoms with Crippen LogP contribution in [0.4, 0.5) is 0 Å². The Morgan fingerprint density at radius 3 is 2.38 bits per heavy atom. The fourth-order valence-electron chi connectivity index (χ4n) is 0.964. The number of ether oxygens (including phenoxy) is 1. The summed E-state index contributed by atoms with van der Waals surface area (Å²) in [6, 6.07) is 5.47. The number of benzene rings is 1. The van der Waals surface area contributed by atoms with Gasteiger partial charge in [-0.05, 0) is 12.1 Å². The van der Waals surface area contributed by atoms with Crippen LogP contribution in [0.2, 0.25) is 0 Å². The highest BCUT2D eigenvalue weighted by Gasteiger charge is 2.17. The van der Waals surface area contributed by atoms with Gasteiger partial charge in [0, 0.05) is 0 Å². The molecule has 0 saturated carbocycles. The maximum Gasteiger partial charge on any atom is 0.349 e. The molecule has 0 saturated heterocycles. The van der Waals surface area contributed by atoms with Gasteiger partial charge in [-0.2, -0.15) is 0 Å². The molecular formula is C10H8O6. The molecule has 6 nitrogen and oxygen atoms in total. The Morgan fingerprint density at radius 2 is 1.81 bits per heavy atom. The molecule has 0 heterocycles. The molecule has 0 spiro atoms. The molecule has 0 aliphatic carbocycles. The summed E-state index contributed by atoms with van der Waals surface area (Å²) in [5.41, 5.74) is -0.193. The molecule has 0 unspecified atom stereocenters. The van der Waals surface area contributed by atoms with Crippen molar-refractivity contribution in [2.45, 2.75) is 6.42 Å². The first-order valence-electron chi connectivity index (χ1n) is 4.25. The highest BCUT2D eigenvalue weighted by Crippen LogP contribution is 2.16. The van der Waals surface area contributed by atoms with Crippen LogP contribution in [0.3, 0.4) is 0 Å². The van der Waals surface area contributed by atoms with Crippen molar-refractivity contribution < 1.29 is 29.3 Å². The molecule has 0 radical (unpaired) electrons. The van der Waals surface area contributed by atoms with E-state index in [1.807, 2.05) is 0 Å². The van der Waals surface area contributed by atoms with E-state index >= 15 is 0 Å². The highest BCUT2D eigenvalue weighted by molar-refractivity contribution is 6.02. The number of carbonyl (C=O) groups excluding carboxylic acids is 2. The van der Waals surface area contributed by atoms with Gasteiger partial charge in [0.2, 0.25) is 0 Å². The van der Waals surface area contributed by atoms with Gasteiger partial charge < -0.3 is 14.9 Å². The Morgan fingerprint density at radius 1 is 1.19 bits per heavy atom. The smallest absolute Gasteiger partial charge is 0.349 e. The summed E-state index contributed by atoms with van der Waals surface area (Å²) in [4.78, 5) is 32.2. The van der Waals surface area contributed by atoms with E-state index in [0.717, 1.165) is 0 Å². The number of carbonyl (C=O) groups is 3. The Balaban J connectivity index is 2.70. The van der Waals surface area contributed by atoms with Crippen molar-refractivity contribution in [3.05, 3.63) is 29.8 Å². The molecule has 0 aromatic heterocycles. The molecular weight excluding hydrogens is 216 g/mol. The fourth-order valence-corrected chi connectivity index (χ4v) is 0.964. The van der Waals surface area contributed by atoms with Crippen LogP contribution < -0.4 is 0 Å². The Kier molecular flexibility index (Phi) is 3.60. The van der Waals surface area contributed by atoms with Crippen LogP contribution in [0, 0.1) is 0 Å². The first kappa shape index (κ1) is 11.7. The average molecular weight is 224 g/mol. The van der Waals surface area contributed by atoms with E-state index in [-0.39, 0.29) is 11.3 Å². The number of phenols is 1. The van der Waals surface area contributed by atoms with Crippen molar-refractivity contribution in [3.63, 3.8) is 0 Å². The number of esters is 2. The van der Waals surface area contributed by atoms with E-state index in [4.69, 9.17) is 5.11 Å². The van der Waals surface area contributed by atoms with Gasteiger partial charge in [0.25, 0.3) is 0 Å². The van der Waals surface area contributed by atoms with Crippen molar-refractivity contribution in [1.29, 1.82) is 0 Å². The predicted molar refractivity (Wildman–Crippen MR) is 50.8 cm³/mol. The average Bonchev–Trinajstić information content (AvgIpc) is 2.16. The normalized spacial score (nSPS) is 9.50. The number of carboxylic acids is 1. The lowest BCUT2D eigenvalue weighted by atomic mass is 10.2. The zero-order valence-corrected chi connectivity index (χ0v) is 8.04. The minimum Gasteiger partial charge on any atom is -0.507 e. The second-order valence-corrected chi connectivity index (χ2v) is 2.85. The maximum atomic E-state index is 11.3. The van der Waals surface area contributed by atoms with E-state index in [0.29, 0.717) is 0 Å². The van der Waals surface area contributed by atoms with Gasteiger partial charge in [0.1, 0.15) is 17.7 Å². The Labute approximate surface area is 90.1 Å². The molecule has 0 aliphatic heterocycles. The zero-order chi connectivity index (χ0) is 12.1. The van der Waals surface area contributed by atoms with E-state index in [2.05, 4.69) is 4.74 Å². The van der Waals surface area contributed by atoms with Crippen LogP contribution in [0.25, 0.3) is 0 Å².